The Morgan fingerprint density at radius 3 is 2.65 bits per heavy atom. The Morgan fingerprint density at radius 1 is 1.18 bits per heavy atom. The third kappa shape index (κ3) is 5.06. The van der Waals surface area contributed by atoms with Crippen LogP contribution in [0.1, 0.15) is 42.3 Å². The van der Waals surface area contributed by atoms with Crippen molar-refractivity contribution in [3.8, 4) is 5.69 Å². The average Bonchev–Trinajstić information content (AvgIpc) is 3.41. The molecule has 3 heterocycles. The van der Waals surface area contributed by atoms with E-state index >= 15 is 0 Å². The standard InChI is InChI=1S/C28H35N5O/c1-20(2)32-19-25(11-13-27(32)29-5)33-22(4)26(21(3)30-33)12-14-28(34)31-16-15-24(18-31)17-23-9-7-6-8-10-23/h6-11,13,19,24H,1,12,14-18H2,2-5H3. The monoisotopic (exact) mass is 457 g/mol. The van der Waals surface area contributed by atoms with E-state index in [-0.39, 0.29) is 5.91 Å². The first-order valence-corrected chi connectivity index (χ1v) is 12.1. The Kier molecular flexibility index (Phi) is 7.15. The largest absolute Gasteiger partial charge is 0.342 e. The number of hydrogen-bond acceptors (Lipinski definition) is 3. The Morgan fingerprint density at radius 2 is 1.94 bits per heavy atom. The fraction of sp³-hybridized carbons (Fsp3) is 0.393. The van der Waals surface area contributed by atoms with E-state index in [9.17, 15) is 4.79 Å². The minimum Gasteiger partial charge on any atom is -0.342 e. The first-order chi connectivity index (χ1) is 16.4. The highest BCUT2D eigenvalue weighted by Gasteiger charge is 2.26. The van der Waals surface area contributed by atoms with E-state index in [2.05, 4.69) is 42.8 Å². The molecule has 6 nitrogen and oxygen atoms in total. The summed E-state index contributed by atoms with van der Waals surface area (Å²) in [5.74, 6) is 0.798. The molecule has 1 amide bonds. The van der Waals surface area contributed by atoms with E-state index in [1.165, 1.54) is 5.56 Å². The van der Waals surface area contributed by atoms with Crippen LogP contribution in [0, 0.1) is 19.8 Å². The van der Waals surface area contributed by atoms with Gasteiger partial charge in [0, 0.05) is 44.1 Å². The number of rotatable bonds is 7. The van der Waals surface area contributed by atoms with Gasteiger partial charge < -0.3 is 9.47 Å². The summed E-state index contributed by atoms with van der Waals surface area (Å²) in [4.78, 5) is 19.3. The van der Waals surface area contributed by atoms with Crippen molar-refractivity contribution >= 4 is 11.6 Å². The van der Waals surface area contributed by atoms with Gasteiger partial charge in [0.1, 0.15) is 5.49 Å². The van der Waals surface area contributed by atoms with Gasteiger partial charge in [0.15, 0.2) is 0 Å². The van der Waals surface area contributed by atoms with E-state index in [0.717, 1.165) is 59.8 Å². The molecule has 0 saturated carbocycles. The molecule has 2 aromatic heterocycles. The van der Waals surface area contributed by atoms with Crippen LogP contribution in [0.5, 0.6) is 0 Å². The average molecular weight is 458 g/mol. The maximum Gasteiger partial charge on any atom is 0.222 e. The molecule has 1 aliphatic heterocycles. The number of amides is 1. The van der Waals surface area contributed by atoms with Crippen molar-refractivity contribution in [1.29, 1.82) is 0 Å². The molecule has 0 spiro atoms. The highest BCUT2D eigenvalue weighted by atomic mass is 16.2. The van der Waals surface area contributed by atoms with E-state index < -0.39 is 0 Å². The maximum atomic E-state index is 13.0. The zero-order valence-corrected chi connectivity index (χ0v) is 20.8. The van der Waals surface area contributed by atoms with Crippen LogP contribution in [0.3, 0.4) is 0 Å². The molecule has 1 aromatic carbocycles. The molecule has 3 aromatic rings. The van der Waals surface area contributed by atoms with Crippen molar-refractivity contribution in [2.75, 3.05) is 20.1 Å². The Bertz CT molecular complexity index is 1250. The van der Waals surface area contributed by atoms with Crippen LogP contribution in [0.2, 0.25) is 0 Å². The van der Waals surface area contributed by atoms with Crippen LogP contribution in [0.15, 0.2) is 60.2 Å². The van der Waals surface area contributed by atoms with Crippen LogP contribution < -0.4 is 5.49 Å². The van der Waals surface area contributed by atoms with Crippen molar-refractivity contribution in [1.82, 2.24) is 19.2 Å². The predicted octanol–water partition coefficient (Wildman–Crippen LogP) is 4.34. The van der Waals surface area contributed by atoms with Crippen molar-refractivity contribution in [3.05, 3.63) is 83.2 Å². The summed E-state index contributed by atoms with van der Waals surface area (Å²) < 4.78 is 3.92. The summed E-state index contributed by atoms with van der Waals surface area (Å²) in [6.45, 7) is 11.8. The van der Waals surface area contributed by atoms with E-state index in [1.807, 2.05) is 52.4 Å². The normalized spacial score (nSPS) is 16.3. The molecule has 178 valence electrons. The van der Waals surface area contributed by atoms with Crippen LogP contribution in [0.4, 0.5) is 0 Å². The lowest BCUT2D eigenvalue weighted by atomic mass is 9.99. The molecule has 0 radical (unpaired) electrons. The number of pyridine rings is 1. The van der Waals surface area contributed by atoms with Crippen molar-refractivity contribution in [2.45, 2.75) is 46.5 Å². The molecule has 4 rings (SSSR count). The summed E-state index contributed by atoms with van der Waals surface area (Å²) in [6.07, 6.45) is 5.36. The molecule has 1 unspecified atom stereocenters. The van der Waals surface area contributed by atoms with Crippen LogP contribution in [-0.4, -0.2) is 45.3 Å². The Hall–Kier alpha value is -3.41. The molecular weight excluding hydrogens is 422 g/mol. The Labute approximate surface area is 202 Å². The second-order valence-corrected chi connectivity index (χ2v) is 9.32. The number of aromatic nitrogens is 3. The van der Waals surface area contributed by atoms with Gasteiger partial charge in [-0.25, -0.2) is 4.68 Å². The summed E-state index contributed by atoms with van der Waals surface area (Å²) in [6, 6.07) is 14.6. The van der Waals surface area contributed by atoms with Crippen molar-refractivity contribution in [3.63, 3.8) is 0 Å². The summed E-state index contributed by atoms with van der Waals surface area (Å²) in [7, 11) is 1.77. The quantitative estimate of drug-likeness (QED) is 0.530. The molecule has 0 N–H and O–H groups in total. The molecule has 1 fully saturated rings. The first-order valence-electron chi connectivity index (χ1n) is 12.1. The van der Waals surface area contributed by atoms with Gasteiger partial charge in [0.25, 0.3) is 0 Å². The third-order valence-electron chi connectivity index (χ3n) is 6.83. The fourth-order valence-electron chi connectivity index (χ4n) is 4.95. The van der Waals surface area contributed by atoms with Gasteiger partial charge in [0.05, 0.1) is 11.4 Å². The number of carbonyl (C=O) groups excluding carboxylic acids is 1. The van der Waals surface area contributed by atoms with Gasteiger partial charge in [-0.05, 0) is 69.2 Å². The van der Waals surface area contributed by atoms with Gasteiger partial charge >= 0.3 is 0 Å². The minimum absolute atomic E-state index is 0.246. The lowest BCUT2D eigenvalue weighted by molar-refractivity contribution is -0.130. The van der Waals surface area contributed by atoms with E-state index in [1.54, 1.807) is 7.05 Å². The number of benzene rings is 1. The predicted molar refractivity (Wildman–Crippen MR) is 137 cm³/mol. The zero-order chi connectivity index (χ0) is 24.2. The van der Waals surface area contributed by atoms with Gasteiger partial charge in [-0.2, -0.15) is 5.10 Å². The Balaban J connectivity index is 1.42. The molecule has 6 heteroatoms. The summed E-state index contributed by atoms with van der Waals surface area (Å²) in [5, 5.41) is 4.79. The van der Waals surface area contributed by atoms with Crippen molar-refractivity contribution in [2.24, 2.45) is 10.9 Å². The number of hydrogen-bond donors (Lipinski definition) is 0. The smallest absolute Gasteiger partial charge is 0.222 e. The summed E-state index contributed by atoms with van der Waals surface area (Å²) in [5.41, 5.74) is 7.25. The molecular formula is C28H35N5O. The van der Waals surface area contributed by atoms with Crippen LogP contribution >= 0.6 is 0 Å². The number of carbonyl (C=O) groups is 1. The van der Waals surface area contributed by atoms with Gasteiger partial charge in [0.2, 0.25) is 5.91 Å². The molecule has 34 heavy (non-hydrogen) atoms. The SMILES string of the molecule is C=C(C)n1cc(-n2nc(C)c(CCC(=O)N3CCC(Cc4ccccc4)C3)c2C)ccc1=NC. The van der Waals surface area contributed by atoms with E-state index in [0.29, 0.717) is 18.8 Å². The van der Waals surface area contributed by atoms with Crippen LogP contribution in [0.25, 0.3) is 11.4 Å². The number of allylic oxidation sites excluding steroid dienone is 1. The molecule has 1 atom stereocenters. The molecule has 1 saturated heterocycles. The highest BCUT2D eigenvalue weighted by molar-refractivity contribution is 5.76. The van der Waals surface area contributed by atoms with Gasteiger partial charge in [-0.15, -0.1) is 0 Å². The van der Waals surface area contributed by atoms with Crippen molar-refractivity contribution < 1.29 is 4.79 Å². The second-order valence-electron chi connectivity index (χ2n) is 9.32. The van der Waals surface area contributed by atoms with Gasteiger partial charge in [-0.3, -0.25) is 9.79 Å². The maximum absolute atomic E-state index is 13.0. The first kappa shape index (κ1) is 23.7. The lowest BCUT2D eigenvalue weighted by Crippen LogP contribution is -2.29. The van der Waals surface area contributed by atoms with Gasteiger partial charge in [-0.1, -0.05) is 36.9 Å². The third-order valence-corrected chi connectivity index (χ3v) is 6.83. The van der Waals surface area contributed by atoms with Crippen LogP contribution in [-0.2, 0) is 17.6 Å². The molecule has 0 aliphatic carbocycles. The fourth-order valence-corrected chi connectivity index (χ4v) is 4.95. The van der Waals surface area contributed by atoms with E-state index in [4.69, 9.17) is 5.10 Å². The topological polar surface area (TPSA) is 55.4 Å². The number of nitrogens with zero attached hydrogens (tertiary/aromatic N) is 5. The lowest BCUT2D eigenvalue weighted by Gasteiger charge is -2.17. The molecule has 0 bridgehead atoms. The number of likely N-dealkylation sites (tertiary alicyclic amines) is 1. The molecule has 1 aliphatic rings. The number of aryl methyl sites for hydroxylation is 1. The zero-order valence-electron chi connectivity index (χ0n) is 20.8. The summed E-state index contributed by atoms with van der Waals surface area (Å²) >= 11 is 0. The minimum atomic E-state index is 0.246. The second kappa shape index (κ2) is 10.2. The highest BCUT2D eigenvalue weighted by Crippen LogP contribution is 2.23.